The molecule has 5 atom stereocenters. The van der Waals surface area contributed by atoms with Gasteiger partial charge in [0.2, 0.25) is 6.29 Å². The molecule has 0 bridgehead atoms. The Kier molecular flexibility index (Phi) is 7.65. The third-order valence-electron chi connectivity index (χ3n) is 5.48. The van der Waals surface area contributed by atoms with Crippen molar-refractivity contribution in [3.05, 3.63) is 82.5 Å². The van der Waals surface area contributed by atoms with Crippen molar-refractivity contribution in [2.24, 2.45) is 0 Å². The molecule has 0 aliphatic carbocycles. The fourth-order valence-corrected chi connectivity index (χ4v) is 5.11. The number of Topliss-reactive ketones (excluding diaryl/α,β-unsaturated/α-hetero) is 1. The van der Waals surface area contributed by atoms with E-state index < -0.39 is 24.6 Å². The van der Waals surface area contributed by atoms with Crippen LogP contribution in [0.2, 0.25) is 0 Å². The van der Waals surface area contributed by atoms with Gasteiger partial charge < -0.3 is 24.1 Å². The summed E-state index contributed by atoms with van der Waals surface area (Å²) in [5.74, 6) is 0.460. The van der Waals surface area contributed by atoms with Crippen LogP contribution in [0.1, 0.15) is 25.0 Å². The topological polar surface area (TPSA) is 74.2 Å². The summed E-state index contributed by atoms with van der Waals surface area (Å²) in [4.78, 5) is 12.6. The Hall–Kier alpha value is -2.16. The van der Waals surface area contributed by atoms with E-state index in [1.54, 1.807) is 6.92 Å². The first-order valence-corrected chi connectivity index (χ1v) is 11.6. The Morgan fingerprint density at radius 3 is 2.28 bits per heavy atom. The van der Waals surface area contributed by atoms with Crippen molar-refractivity contribution in [1.29, 1.82) is 0 Å². The van der Waals surface area contributed by atoms with E-state index in [4.69, 9.17) is 18.9 Å². The van der Waals surface area contributed by atoms with E-state index in [-0.39, 0.29) is 17.6 Å². The number of aliphatic hydroxyl groups is 1. The molecule has 1 saturated heterocycles. The Balaban J connectivity index is 1.48. The number of rotatable bonds is 8. The summed E-state index contributed by atoms with van der Waals surface area (Å²) in [6.07, 6.45) is -2.78. The van der Waals surface area contributed by atoms with Gasteiger partial charge in [-0.25, -0.2) is 0 Å². The zero-order chi connectivity index (χ0) is 22.5. The summed E-state index contributed by atoms with van der Waals surface area (Å²) in [6.45, 7) is 4.22. The van der Waals surface area contributed by atoms with E-state index >= 15 is 0 Å². The standard InChI is InChI=1S/C25H28O6S/c1-16(26)23-17(2)30-25-24(32-23)22(29-14-19-11-7-4-8-12-19)21(27)20(31-25)15-28-13-18-9-5-3-6-10-18/h3-12,20-22,24-25,27H,13-15H2,1-2H3/t20-,21-,22+,24-,25+/m1/s1. The number of allylic oxidation sites excluding steroid dienone is 2. The van der Waals surface area contributed by atoms with Crippen LogP contribution in [0.3, 0.4) is 0 Å². The summed E-state index contributed by atoms with van der Waals surface area (Å²) in [5, 5.41) is 10.8. The molecule has 2 aromatic rings. The molecule has 2 heterocycles. The van der Waals surface area contributed by atoms with Gasteiger partial charge in [0.15, 0.2) is 5.78 Å². The molecule has 2 aromatic carbocycles. The summed E-state index contributed by atoms with van der Waals surface area (Å²) in [5.41, 5.74) is 2.04. The molecule has 2 aliphatic heterocycles. The van der Waals surface area contributed by atoms with Crippen LogP contribution in [-0.4, -0.2) is 47.3 Å². The van der Waals surface area contributed by atoms with Gasteiger partial charge in [0.05, 0.1) is 24.7 Å². The number of fused-ring (bicyclic) bond motifs is 1. The average Bonchev–Trinajstić information content (AvgIpc) is 2.80. The maximum atomic E-state index is 12.1. The second-order valence-electron chi connectivity index (χ2n) is 7.94. The lowest BCUT2D eigenvalue weighted by atomic mass is 10.0. The minimum absolute atomic E-state index is 0.0735. The van der Waals surface area contributed by atoms with Crippen LogP contribution in [0.25, 0.3) is 0 Å². The molecule has 0 saturated carbocycles. The number of carbonyl (C=O) groups is 1. The van der Waals surface area contributed by atoms with Crippen LogP contribution in [0.15, 0.2) is 71.3 Å². The smallest absolute Gasteiger partial charge is 0.214 e. The molecular formula is C25H28O6S. The fraction of sp³-hybridized carbons (Fsp3) is 0.400. The summed E-state index contributed by atoms with van der Waals surface area (Å²) in [6, 6.07) is 19.6. The molecule has 0 amide bonds. The number of thioether (sulfide) groups is 1. The number of aliphatic hydroxyl groups excluding tert-OH is 1. The SMILES string of the molecule is CC(=O)C1=C(C)O[C@H]2O[C@H](COCc3ccccc3)[C@@H](O)[C@H](OCc3ccccc3)[C@H]2S1. The largest absolute Gasteiger partial charge is 0.467 e. The Bertz CT molecular complexity index is 932. The molecule has 2 aliphatic rings. The van der Waals surface area contributed by atoms with Gasteiger partial charge in [-0.2, -0.15) is 0 Å². The van der Waals surface area contributed by atoms with Crippen LogP contribution >= 0.6 is 11.8 Å². The highest BCUT2D eigenvalue weighted by Gasteiger charge is 2.50. The van der Waals surface area contributed by atoms with Crippen molar-refractivity contribution in [2.45, 2.75) is 56.9 Å². The van der Waals surface area contributed by atoms with E-state index in [9.17, 15) is 9.90 Å². The third kappa shape index (κ3) is 5.42. The van der Waals surface area contributed by atoms with Crippen LogP contribution < -0.4 is 0 Å². The zero-order valence-corrected chi connectivity index (χ0v) is 19.0. The summed E-state index contributed by atoms with van der Waals surface area (Å²) >= 11 is 1.36. The van der Waals surface area contributed by atoms with E-state index in [0.717, 1.165) is 11.1 Å². The zero-order valence-electron chi connectivity index (χ0n) is 18.2. The minimum atomic E-state index is -0.932. The molecule has 7 heteroatoms. The van der Waals surface area contributed by atoms with Gasteiger partial charge in [-0.15, -0.1) is 11.8 Å². The van der Waals surface area contributed by atoms with Crippen LogP contribution in [-0.2, 0) is 37.0 Å². The molecule has 0 radical (unpaired) electrons. The first-order valence-electron chi connectivity index (χ1n) is 10.7. The second kappa shape index (κ2) is 10.6. The fourth-order valence-electron chi connectivity index (χ4n) is 3.85. The third-order valence-corrected chi connectivity index (χ3v) is 7.06. The quantitative estimate of drug-likeness (QED) is 0.647. The lowest BCUT2D eigenvalue weighted by Crippen LogP contribution is -2.59. The second-order valence-corrected chi connectivity index (χ2v) is 9.13. The van der Waals surface area contributed by atoms with Gasteiger partial charge in [-0.05, 0) is 25.0 Å². The summed E-state index contributed by atoms with van der Waals surface area (Å²) < 4.78 is 24.1. The van der Waals surface area contributed by atoms with Crippen molar-refractivity contribution in [3.63, 3.8) is 0 Å². The average molecular weight is 457 g/mol. The molecule has 4 rings (SSSR count). The molecule has 0 aromatic heterocycles. The Labute approximate surface area is 192 Å². The van der Waals surface area contributed by atoms with E-state index in [1.807, 2.05) is 60.7 Å². The molecule has 6 nitrogen and oxygen atoms in total. The Morgan fingerprint density at radius 1 is 1.03 bits per heavy atom. The summed E-state index contributed by atoms with van der Waals surface area (Å²) in [7, 11) is 0. The van der Waals surface area contributed by atoms with Crippen molar-refractivity contribution >= 4 is 17.5 Å². The van der Waals surface area contributed by atoms with Crippen LogP contribution in [0.5, 0.6) is 0 Å². The van der Waals surface area contributed by atoms with Crippen molar-refractivity contribution < 1.29 is 28.8 Å². The van der Waals surface area contributed by atoms with Crippen LogP contribution in [0.4, 0.5) is 0 Å². The predicted molar refractivity (Wildman–Crippen MR) is 122 cm³/mol. The lowest BCUT2D eigenvalue weighted by Gasteiger charge is -2.46. The number of carbonyl (C=O) groups excluding carboxylic acids is 1. The normalized spacial score (nSPS) is 27.5. The maximum Gasteiger partial charge on any atom is 0.214 e. The van der Waals surface area contributed by atoms with Crippen molar-refractivity contribution in [1.82, 2.24) is 0 Å². The number of hydrogen-bond acceptors (Lipinski definition) is 7. The van der Waals surface area contributed by atoms with Gasteiger partial charge in [0.1, 0.15) is 29.3 Å². The van der Waals surface area contributed by atoms with E-state index in [0.29, 0.717) is 23.9 Å². The Morgan fingerprint density at radius 2 is 1.66 bits per heavy atom. The molecule has 32 heavy (non-hydrogen) atoms. The van der Waals surface area contributed by atoms with Gasteiger partial charge >= 0.3 is 0 Å². The number of ether oxygens (including phenoxy) is 4. The van der Waals surface area contributed by atoms with Crippen molar-refractivity contribution in [3.8, 4) is 0 Å². The monoisotopic (exact) mass is 456 g/mol. The van der Waals surface area contributed by atoms with Crippen LogP contribution in [0, 0.1) is 0 Å². The molecule has 1 fully saturated rings. The number of hydrogen-bond donors (Lipinski definition) is 1. The molecule has 1 N–H and O–H groups in total. The highest BCUT2D eigenvalue weighted by molar-refractivity contribution is 8.04. The number of ketones is 1. The lowest BCUT2D eigenvalue weighted by molar-refractivity contribution is -0.255. The minimum Gasteiger partial charge on any atom is -0.467 e. The van der Waals surface area contributed by atoms with Gasteiger partial charge in [0, 0.05) is 0 Å². The molecule has 0 spiro atoms. The van der Waals surface area contributed by atoms with Gasteiger partial charge in [-0.3, -0.25) is 4.79 Å². The molecular weight excluding hydrogens is 428 g/mol. The maximum absolute atomic E-state index is 12.1. The van der Waals surface area contributed by atoms with Gasteiger partial charge in [0.25, 0.3) is 0 Å². The van der Waals surface area contributed by atoms with Crippen molar-refractivity contribution in [2.75, 3.05) is 6.61 Å². The van der Waals surface area contributed by atoms with Gasteiger partial charge in [-0.1, -0.05) is 60.7 Å². The van der Waals surface area contributed by atoms with E-state index in [1.165, 1.54) is 18.7 Å². The first kappa shape index (κ1) is 23.0. The predicted octanol–water partition coefficient (Wildman–Crippen LogP) is 3.83. The molecule has 170 valence electrons. The molecule has 0 unspecified atom stereocenters. The highest BCUT2D eigenvalue weighted by atomic mass is 32.2. The first-order chi connectivity index (χ1) is 15.5. The highest BCUT2D eigenvalue weighted by Crippen LogP contribution is 2.42. The van der Waals surface area contributed by atoms with E-state index in [2.05, 4.69) is 0 Å². The number of benzene rings is 2.